The molecule has 22 heavy (non-hydrogen) atoms. The fraction of sp³-hybridized carbons (Fsp3) is 0.125. The number of rotatable bonds is 5. The topological polar surface area (TPSA) is 72.8 Å². The van der Waals surface area contributed by atoms with Gasteiger partial charge < -0.3 is 14.3 Å². The van der Waals surface area contributed by atoms with Crippen LogP contribution in [-0.4, -0.2) is 34.1 Å². The second kappa shape index (κ2) is 7.53. The van der Waals surface area contributed by atoms with Crippen LogP contribution >= 0.6 is 0 Å². The van der Waals surface area contributed by atoms with Gasteiger partial charge in [-0.2, -0.15) is 0 Å². The van der Waals surface area contributed by atoms with Gasteiger partial charge in [-0.1, -0.05) is 36.4 Å². The Labute approximate surface area is 131 Å². The average molecular weight is 316 g/mol. The van der Waals surface area contributed by atoms with E-state index in [2.05, 4.69) is 0 Å². The number of esters is 1. The molecule has 0 aliphatic heterocycles. The third-order valence-corrected chi connectivity index (χ3v) is 3.58. The van der Waals surface area contributed by atoms with E-state index < -0.39 is 24.5 Å². The zero-order valence-corrected chi connectivity index (χ0v) is 14.1. The fourth-order valence-corrected chi connectivity index (χ4v) is 2.32. The third-order valence-electron chi connectivity index (χ3n) is 3.17. The van der Waals surface area contributed by atoms with Crippen molar-refractivity contribution in [1.29, 1.82) is 0 Å². The summed E-state index contributed by atoms with van der Waals surface area (Å²) in [5, 5.41) is 9.43. The number of aliphatic hydroxyl groups excluding tert-OH is 1. The number of carbonyl (C=O) groups is 2. The molecular formula is C16H16O5Si. The summed E-state index contributed by atoms with van der Waals surface area (Å²) in [6, 6.07) is 15.2. The lowest BCUT2D eigenvalue weighted by atomic mass is 9.99. The zero-order chi connectivity index (χ0) is 15.9. The maximum Gasteiger partial charge on any atom is 0.343 e. The molecular weight excluding hydrogens is 300 g/mol. The smallest absolute Gasteiger partial charge is 0.343 e. The Morgan fingerprint density at radius 2 is 1.68 bits per heavy atom. The molecule has 1 unspecified atom stereocenters. The van der Waals surface area contributed by atoms with Crippen LogP contribution in [0.3, 0.4) is 0 Å². The maximum atomic E-state index is 12.1. The summed E-state index contributed by atoms with van der Waals surface area (Å²) in [7, 11) is 0.234. The first kappa shape index (κ1) is 15.9. The number of para-hydroxylation sites is 1. The molecule has 1 atom stereocenters. The Morgan fingerprint density at radius 3 is 2.32 bits per heavy atom. The van der Waals surface area contributed by atoms with E-state index in [-0.39, 0.29) is 16.2 Å². The maximum absolute atomic E-state index is 12.1. The lowest BCUT2D eigenvalue weighted by molar-refractivity contribution is -0.136. The summed E-state index contributed by atoms with van der Waals surface area (Å²) in [6.45, 7) is -0.416. The standard InChI is InChI=1S/C16H16O5Si/c17-10-13(16(19)21-22)12-8-4-5-9-14(12)20-15(18)11-6-2-1-3-7-11/h1-9,13,17H,10H2,22H3. The van der Waals surface area contributed by atoms with Gasteiger partial charge in [-0.05, 0) is 18.2 Å². The van der Waals surface area contributed by atoms with Crippen molar-refractivity contribution in [2.45, 2.75) is 5.92 Å². The summed E-state index contributed by atoms with van der Waals surface area (Å²) < 4.78 is 10.2. The van der Waals surface area contributed by atoms with Crippen LogP contribution in [0.25, 0.3) is 0 Å². The van der Waals surface area contributed by atoms with Crippen LogP contribution < -0.4 is 4.74 Å². The summed E-state index contributed by atoms with van der Waals surface area (Å²) in [4.78, 5) is 23.9. The molecule has 0 fully saturated rings. The van der Waals surface area contributed by atoms with Gasteiger partial charge in [0.25, 0.3) is 0 Å². The van der Waals surface area contributed by atoms with E-state index in [4.69, 9.17) is 9.16 Å². The molecule has 0 aliphatic rings. The lowest BCUT2D eigenvalue weighted by Crippen LogP contribution is -2.20. The molecule has 0 amide bonds. The minimum absolute atomic E-state index is 0.234. The summed E-state index contributed by atoms with van der Waals surface area (Å²) in [5.41, 5.74) is 0.832. The number of hydrogen-bond acceptors (Lipinski definition) is 5. The van der Waals surface area contributed by atoms with Crippen molar-refractivity contribution in [3.63, 3.8) is 0 Å². The SMILES string of the molecule is O=C(Oc1ccccc1C(CO)C(=O)O[SiH3])c1ccccc1. The van der Waals surface area contributed by atoms with Gasteiger partial charge in [0.1, 0.15) is 11.7 Å². The molecule has 0 heterocycles. The zero-order valence-electron chi connectivity index (χ0n) is 12.1. The molecule has 2 aromatic rings. The second-order valence-corrected chi connectivity index (χ2v) is 4.96. The molecule has 0 saturated carbocycles. The van der Waals surface area contributed by atoms with Crippen LogP contribution in [0, 0.1) is 0 Å². The van der Waals surface area contributed by atoms with Crippen molar-refractivity contribution in [3.8, 4) is 5.75 Å². The van der Waals surface area contributed by atoms with Gasteiger partial charge in [-0.3, -0.25) is 4.79 Å². The average Bonchev–Trinajstić information content (AvgIpc) is 2.57. The Kier molecular flexibility index (Phi) is 5.46. The van der Waals surface area contributed by atoms with Crippen LogP contribution in [0.4, 0.5) is 0 Å². The highest BCUT2D eigenvalue weighted by molar-refractivity contribution is 6.06. The largest absolute Gasteiger partial charge is 0.528 e. The third kappa shape index (κ3) is 3.60. The van der Waals surface area contributed by atoms with E-state index in [1.165, 1.54) is 0 Å². The quantitative estimate of drug-likeness (QED) is 0.502. The lowest BCUT2D eigenvalue weighted by Gasteiger charge is -2.16. The monoisotopic (exact) mass is 316 g/mol. The number of benzene rings is 2. The first-order valence-electron chi connectivity index (χ1n) is 6.72. The minimum Gasteiger partial charge on any atom is -0.528 e. The predicted molar refractivity (Wildman–Crippen MR) is 83.7 cm³/mol. The van der Waals surface area contributed by atoms with Gasteiger partial charge in [0.05, 0.1) is 12.2 Å². The van der Waals surface area contributed by atoms with E-state index in [0.29, 0.717) is 11.1 Å². The van der Waals surface area contributed by atoms with Gasteiger partial charge in [-0.25, -0.2) is 4.79 Å². The molecule has 0 bridgehead atoms. The Morgan fingerprint density at radius 1 is 1.05 bits per heavy atom. The molecule has 5 nitrogen and oxygen atoms in total. The molecule has 6 heteroatoms. The highest BCUT2D eigenvalue weighted by atomic mass is 28.2. The number of carbonyl (C=O) groups excluding carboxylic acids is 2. The van der Waals surface area contributed by atoms with E-state index in [9.17, 15) is 14.7 Å². The molecule has 2 rings (SSSR count). The Balaban J connectivity index is 2.29. The van der Waals surface area contributed by atoms with Gasteiger partial charge in [0.15, 0.2) is 0 Å². The van der Waals surface area contributed by atoms with E-state index in [1.54, 1.807) is 54.6 Å². The Bertz CT molecular complexity index is 657. The first-order valence-corrected chi connectivity index (χ1v) is 7.54. The van der Waals surface area contributed by atoms with Crippen molar-refractivity contribution in [2.24, 2.45) is 0 Å². The fourth-order valence-electron chi connectivity index (χ4n) is 2.04. The van der Waals surface area contributed by atoms with Gasteiger partial charge in [0.2, 0.25) is 10.5 Å². The number of hydrogen-bond donors (Lipinski definition) is 1. The molecule has 0 aromatic heterocycles. The number of aliphatic hydroxyl groups is 1. The summed E-state index contributed by atoms with van der Waals surface area (Å²) in [6.07, 6.45) is 0. The molecule has 0 spiro atoms. The molecule has 114 valence electrons. The normalized spacial score (nSPS) is 11.7. The van der Waals surface area contributed by atoms with Crippen molar-refractivity contribution in [1.82, 2.24) is 0 Å². The summed E-state index contributed by atoms with van der Waals surface area (Å²) in [5.74, 6) is -1.68. The van der Waals surface area contributed by atoms with Gasteiger partial charge >= 0.3 is 11.9 Å². The van der Waals surface area contributed by atoms with Crippen LogP contribution in [0.1, 0.15) is 21.8 Å². The Hall–Kier alpha value is -2.44. The molecule has 0 saturated heterocycles. The van der Waals surface area contributed by atoms with Crippen LogP contribution in [-0.2, 0) is 9.22 Å². The molecule has 2 aromatic carbocycles. The second-order valence-electron chi connectivity index (χ2n) is 4.55. The summed E-state index contributed by atoms with van der Waals surface area (Å²) >= 11 is 0. The van der Waals surface area contributed by atoms with E-state index >= 15 is 0 Å². The molecule has 1 N–H and O–H groups in total. The molecule has 0 radical (unpaired) electrons. The van der Waals surface area contributed by atoms with Crippen LogP contribution in [0.5, 0.6) is 5.75 Å². The minimum atomic E-state index is -0.864. The van der Waals surface area contributed by atoms with E-state index in [0.717, 1.165) is 0 Å². The predicted octanol–water partition coefficient (Wildman–Crippen LogP) is 0.805. The van der Waals surface area contributed by atoms with Crippen molar-refractivity contribution < 1.29 is 23.9 Å². The van der Waals surface area contributed by atoms with Crippen molar-refractivity contribution >= 4 is 22.4 Å². The highest BCUT2D eigenvalue weighted by Crippen LogP contribution is 2.28. The van der Waals surface area contributed by atoms with Crippen molar-refractivity contribution in [2.75, 3.05) is 6.61 Å². The van der Waals surface area contributed by atoms with E-state index in [1.807, 2.05) is 0 Å². The molecule has 0 aliphatic carbocycles. The van der Waals surface area contributed by atoms with Gasteiger partial charge in [0, 0.05) is 5.56 Å². The highest BCUT2D eigenvalue weighted by Gasteiger charge is 2.24. The van der Waals surface area contributed by atoms with Crippen LogP contribution in [0.15, 0.2) is 54.6 Å². The van der Waals surface area contributed by atoms with Crippen molar-refractivity contribution in [3.05, 3.63) is 65.7 Å². The van der Waals surface area contributed by atoms with Crippen LogP contribution in [0.2, 0.25) is 0 Å². The number of ether oxygens (including phenoxy) is 1. The van der Waals surface area contributed by atoms with Gasteiger partial charge in [-0.15, -0.1) is 0 Å². The first-order chi connectivity index (χ1) is 10.7.